The predicted octanol–water partition coefficient (Wildman–Crippen LogP) is 3.69. The predicted molar refractivity (Wildman–Crippen MR) is 130 cm³/mol. The summed E-state index contributed by atoms with van der Waals surface area (Å²) < 4.78 is 0. The van der Waals surface area contributed by atoms with Crippen LogP contribution in [0.15, 0.2) is 0 Å². The molecular formula is C28H48O6. The summed E-state index contributed by atoms with van der Waals surface area (Å²) in [5.74, 6) is 0.00891. The Morgan fingerprint density at radius 2 is 1.50 bits per heavy atom. The van der Waals surface area contributed by atoms with E-state index in [0.717, 1.165) is 19.3 Å². The molecule has 0 radical (unpaired) electrons. The van der Waals surface area contributed by atoms with Crippen molar-refractivity contribution in [3.05, 3.63) is 0 Å². The van der Waals surface area contributed by atoms with E-state index in [4.69, 9.17) is 0 Å². The zero-order chi connectivity index (χ0) is 25.2. The third-order valence-electron chi connectivity index (χ3n) is 11.7. The zero-order valence-electron chi connectivity index (χ0n) is 21.7. The van der Waals surface area contributed by atoms with Gasteiger partial charge in [0, 0.05) is 0 Å². The molecule has 0 aromatic carbocycles. The van der Waals surface area contributed by atoms with Gasteiger partial charge in [0.15, 0.2) is 0 Å². The number of aliphatic hydroxyl groups is 4. The van der Waals surface area contributed by atoms with Crippen molar-refractivity contribution in [2.24, 2.45) is 58.2 Å². The molecule has 0 saturated heterocycles. The van der Waals surface area contributed by atoms with Gasteiger partial charge in [0.2, 0.25) is 0 Å². The van der Waals surface area contributed by atoms with Gasteiger partial charge in [-0.1, -0.05) is 34.6 Å². The fourth-order valence-corrected chi connectivity index (χ4v) is 9.59. The standard InChI is InChI=1S/C28H48O6/c1-14(2)18(26(33)34)7-6-15(3)19-8-9-20-25-21(13-24(32)28(19,20)5)27(4)16(11-22(25)30)10-17(29)12-23(27)31/h14-25,29-32H,6-13H2,1-5H3,(H,33,34)/t15-,16?,17?,18?,19-,20+,21+,22?,23?,24?,25+,27+,28-/m1/s1. The molecule has 4 aliphatic rings. The molecule has 196 valence electrons. The van der Waals surface area contributed by atoms with E-state index in [0.29, 0.717) is 43.9 Å². The molecule has 0 spiro atoms. The molecule has 4 aliphatic carbocycles. The number of carboxylic acid groups (broad SMARTS) is 1. The monoisotopic (exact) mass is 480 g/mol. The Bertz CT molecular complexity index is 755. The molecule has 6 unspecified atom stereocenters. The Balaban J connectivity index is 1.56. The molecule has 13 atom stereocenters. The molecule has 0 aliphatic heterocycles. The van der Waals surface area contributed by atoms with Crippen molar-refractivity contribution in [3.63, 3.8) is 0 Å². The van der Waals surface area contributed by atoms with Crippen LogP contribution in [0.2, 0.25) is 0 Å². The van der Waals surface area contributed by atoms with Crippen LogP contribution in [-0.4, -0.2) is 55.9 Å². The van der Waals surface area contributed by atoms with Crippen LogP contribution in [0.4, 0.5) is 0 Å². The zero-order valence-corrected chi connectivity index (χ0v) is 21.7. The Hall–Kier alpha value is -0.690. The van der Waals surface area contributed by atoms with Crippen LogP contribution in [-0.2, 0) is 4.79 Å². The minimum absolute atomic E-state index is 0.0446. The quantitative estimate of drug-likeness (QED) is 0.396. The number of hydrogen-bond acceptors (Lipinski definition) is 5. The van der Waals surface area contributed by atoms with Crippen molar-refractivity contribution in [1.82, 2.24) is 0 Å². The molecule has 34 heavy (non-hydrogen) atoms. The average molecular weight is 481 g/mol. The van der Waals surface area contributed by atoms with Gasteiger partial charge in [-0.3, -0.25) is 4.79 Å². The third-order valence-corrected chi connectivity index (χ3v) is 11.7. The highest BCUT2D eigenvalue weighted by Crippen LogP contribution is 2.68. The van der Waals surface area contributed by atoms with Crippen LogP contribution in [0.1, 0.15) is 86.0 Å². The summed E-state index contributed by atoms with van der Waals surface area (Å²) in [6.45, 7) is 10.5. The molecule has 6 heteroatoms. The van der Waals surface area contributed by atoms with E-state index in [1.165, 1.54) is 0 Å². The number of aliphatic carboxylic acids is 1. The lowest BCUT2D eigenvalue weighted by atomic mass is 9.42. The molecule has 0 heterocycles. The van der Waals surface area contributed by atoms with E-state index in [2.05, 4.69) is 20.8 Å². The van der Waals surface area contributed by atoms with Gasteiger partial charge >= 0.3 is 5.97 Å². The van der Waals surface area contributed by atoms with E-state index in [1.54, 1.807) is 0 Å². The Kier molecular flexibility index (Phi) is 7.23. The molecule has 4 fully saturated rings. The van der Waals surface area contributed by atoms with Crippen LogP contribution >= 0.6 is 0 Å². The Morgan fingerprint density at radius 3 is 2.12 bits per heavy atom. The van der Waals surface area contributed by atoms with Gasteiger partial charge < -0.3 is 25.5 Å². The van der Waals surface area contributed by atoms with Crippen LogP contribution < -0.4 is 0 Å². The molecule has 6 nitrogen and oxygen atoms in total. The molecule has 4 rings (SSSR count). The van der Waals surface area contributed by atoms with E-state index in [9.17, 15) is 30.3 Å². The summed E-state index contributed by atoms with van der Waals surface area (Å²) in [6.07, 6.45) is 3.54. The summed E-state index contributed by atoms with van der Waals surface area (Å²) in [4.78, 5) is 11.7. The SMILES string of the molecule is CC(C)C(CC[C@@H](C)[C@H]1CC[C@H]2[C@@H]3C(O)CC4CC(O)CC(O)[C@]4(C)[C@H]3CC(O)[C@]12C)C(=O)O. The first-order chi connectivity index (χ1) is 15.8. The first kappa shape index (κ1) is 26.4. The minimum atomic E-state index is -0.720. The maximum Gasteiger partial charge on any atom is 0.306 e. The molecule has 5 N–H and O–H groups in total. The first-order valence-electron chi connectivity index (χ1n) is 13.8. The minimum Gasteiger partial charge on any atom is -0.481 e. The lowest BCUT2D eigenvalue weighted by Gasteiger charge is -2.64. The summed E-state index contributed by atoms with van der Waals surface area (Å²) in [6, 6.07) is 0. The second-order valence-electron chi connectivity index (χ2n) is 13.3. The van der Waals surface area contributed by atoms with Crippen LogP contribution in [0.3, 0.4) is 0 Å². The fourth-order valence-electron chi connectivity index (χ4n) is 9.59. The first-order valence-corrected chi connectivity index (χ1v) is 13.8. The van der Waals surface area contributed by atoms with Crippen molar-refractivity contribution in [2.75, 3.05) is 0 Å². The van der Waals surface area contributed by atoms with E-state index in [-0.39, 0.29) is 46.3 Å². The van der Waals surface area contributed by atoms with Crippen LogP contribution in [0, 0.1) is 58.2 Å². The Labute approximate surface area is 205 Å². The number of carbonyl (C=O) groups is 1. The summed E-state index contributed by atoms with van der Waals surface area (Å²) in [5.41, 5.74) is -0.693. The smallest absolute Gasteiger partial charge is 0.306 e. The largest absolute Gasteiger partial charge is 0.481 e. The maximum absolute atomic E-state index is 11.7. The van der Waals surface area contributed by atoms with Crippen molar-refractivity contribution < 1.29 is 30.3 Å². The van der Waals surface area contributed by atoms with Crippen LogP contribution in [0.5, 0.6) is 0 Å². The molecule has 0 aromatic heterocycles. The van der Waals surface area contributed by atoms with Gasteiger partial charge in [-0.2, -0.15) is 0 Å². The summed E-state index contributed by atoms with van der Waals surface area (Å²) in [5, 5.41) is 54.1. The van der Waals surface area contributed by atoms with Gasteiger partial charge in [-0.25, -0.2) is 0 Å². The second-order valence-corrected chi connectivity index (χ2v) is 13.3. The van der Waals surface area contributed by atoms with E-state index < -0.39 is 30.4 Å². The van der Waals surface area contributed by atoms with Crippen molar-refractivity contribution in [2.45, 2.75) is 110 Å². The number of carboxylic acids is 1. The Morgan fingerprint density at radius 1 is 0.853 bits per heavy atom. The van der Waals surface area contributed by atoms with E-state index in [1.807, 2.05) is 13.8 Å². The van der Waals surface area contributed by atoms with Crippen molar-refractivity contribution in [1.29, 1.82) is 0 Å². The molecular weight excluding hydrogens is 432 g/mol. The van der Waals surface area contributed by atoms with Gasteiger partial charge in [0.05, 0.1) is 30.3 Å². The number of hydrogen-bond donors (Lipinski definition) is 5. The summed E-state index contributed by atoms with van der Waals surface area (Å²) >= 11 is 0. The highest BCUT2D eigenvalue weighted by atomic mass is 16.4. The summed E-state index contributed by atoms with van der Waals surface area (Å²) in [7, 11) is 0. The lowest BCUT2D eigenvalue weighted by Crippen LogP contribution is -2.65. The third kappa shape index (κ3) is 3.95. The molecule has 4 saturated carbocycles. The molecule has 0 bridgehead atoms. The van der Waals surface area contributed by atoms with Gasteiger partial charge in [0.1, 0.15) is 0 Å². The molecule has 0 aromatic rings. The van der Waals surface area contributed by atoms with E-state index >= 15 is 0 Å². The maximum atomic E-state index is 11.7. The number of rotatable bonds is 6. The van der Waals surface area contributed by atoms with Gasteiger partial charge in [-0.05, 0) is 104 Å². The van der Waals surface area contributed by atoms with Crippen molar-refractivity contribution >= 4 is 5.97 Å². The number of aliphatic hydroxyl groups excluding tert-OH is 4. The fraction of sp³-hybridized carbons (Fsp3) is 0.964. The highest BCUT2D eigenvalue weighted by molar-refractivity contribution is 5.70. The normalized spacial score (nSPS) is 50.2. The highest BCUT2D eigenvalue weighted by Gasteiger charge is 2.67. The van der Waals surface area contributed by atoms with Crippen LogP contribution in [0.25, 0.3) is 0 Å². The second kappa shape index (κ2) is 9.32. The van der Waals surface area contributed by atoms with Crippen molar-refractivity contribution in [3.8, 4) is 0 Å². The average Bonchev–Trinajstić information content (AvgIpc) is 3.09. The van der Waals surface area contributed by atoms with Gasteiger partial charge in [0.25, 0.3) is 0 Å². The number of fused-ring (bicyclic) bond motifs is 5. The van der Waals surface area contributed by atoms with Gasteiger partial charge in [-0.15, -0.1) is 0 Å². The topological polar surface area (TPSA) is 118 Å². The molecule has 0 amide bonds. The lowest BCUT2D eigenvalue weighted by molar-refractivity contribution is -0.234.